The third kappa shape index (κ3) is 5.59. The van der Waals surface area contributed by atoms with Gasteiger partial charge >= 0.3 is 0 Å². The summed E-state index contributed by atoms with van der Waals surface area (Å²) in [6, 6.07) is 14.5. The van der Waals surface area contributed by atoms with Gasteiger partial charge in [-0.2, -0.15) is 4.98 Å². The number of benzene rings is 2. The van der Waals surface area contributed by atoms with Crippen molar-refractivity contribution >= 4 is 45.9 Å². The van der Waals surface area contributed by atoms with Gasteiger partial charge in [0.1, 0.15) is 18.0 Å². The zero-order chi connectivity index (χ0) is 24.9. The van der Waals surface area contributed by atoms with Gasteiger partial charge in [-0.25, -0.2) is 4.98 Å². The molecule has 4 aromatic rings. The minimum atomic E-state index is -0.249. The molecule has 35 heavy (non-hydrogen) atoms. The molecule has 2 aromatic heterocycles. The lowest BCUT2D eigenvalue weighted by atomic mass is 10.1. The van der Waals surface area contributed by atoms with Crippen LogP contribution in [0.25, 0.3) is 22.2 Å². The van der Waals surface area contributed by atoms with Crippen molar-refractivity contribution in [2.45, 2.75) is 13.8 Å². The van der Waals surface area contributed by atoms with Crippen LogP contribution in [0.1, 0.15) is 13.8 Å². The van der Waals surface area contributed by atoms with Gasteiger partial charge in [-0.05, 0) is 43.4 Å². The van der Waals surface area contributed by atoms with Crippen molar-refractivity contribution in [1.29, 1.82) is 0 Å². The van der Waals surface area contributed by atoms with E-state index in [0.717, 1.165) is 31.1 Å². The fourth-order valence-electron chi connectivity index (χ4n) is 3.87. The molecule has 9 heteroatoms. The molecule has 7 nitrogen and oxygen atoms in total. The van der Waals surface area contributed by atoms with Crippen molar-refractivity contribution in [3.8, 4) is 16.9 Å². The van der Waals surface area contributed by atoms with Gasteiger partial charge in [-0.1, -0.05) is 49.2 Å². The summed E-state index contributed by atoms with van der Waals surface area (Å²) in [7, 11) is 1.67. The van der Waals surface area contributed by atoms with Crippen LogP contribution in [0.2, 0.25) is 10.0 Å². The number of fused-ring (bicyclic) bond motifs is 1. The van der Waals surface area contributed by atoms with Crippen LogP contribution in [0, 0.1) is 0 Å². The van der Waals surface area contributed by atoms with Crippen LogP contribution < -0.4 is 15.6 Å². The molecular formula is C26H27Cl2N5O2. The Hall–Kier alpha value is -3.13. The van der Waals surface area contributed by atoms with Crippen LogP contribution in [0.5, 0.6) is 5.75 Å². The predicted molar refractivity (Wildman–Crippen MR) is 143 cm³/mol. The Morgan fingerprint density at radius 1 is 1.06 bits per heavy atom. The molecule has 0 saturated carbocycles. The largest absolute Gasteiger partial charge is 0.492 e. The highest BCUT2D eigenvalue weighted by Gasteiger charge is 2.16. The van der Waals surface area contributed by atoms with Crippen LogP contribution in [0.4, 0.5) is 11.6 Å². The molecule has 0 saturated heterocycles. The standard InChI is InChI=1S/C26H27Cl2N5O2/c1-4-33(5-2)12-13-35-19-9-6-8-18(15-19)30-26-29-16-17-14-20(25(34)32(3)24(17)31-26)23-21(27)10-7-11-22(23)28/h6-11,14-16H,4-5,12-13H2,1-3H3,(H,29,30,31). The van der Waals surface area contributed by atoms with Crippen molar-refractivity contribution in [3.63, 3.8) is 0 Å². The van der Waals surface area contributed by atoms with E-state index in [1.165, 1.54) is 4.57 Å². The molecule has 2 heterocycles. The third-order valence-corrected chi connectivity index (χ3v) is 6.47. The van der Waals surface area contributed by atoms with Crippen molar-refractivity contribution < 1.29 is 4.74 Å². The Morgan fingerprint density at radius 2 is 1.77 bits per heavy atom. The van der Waals surface area contributed by atoms with Crippen molar-refractivity contribution in [1.82, 2.24) is 19.4 Å². The summed E-state index contributed by atoms with van der Waals surface area (Å²) >= 11 is 12.7. The minimum absolute atomic E-state index is 0.249. The summed E-state index contributed by atoms with van der Waals surface area (Å²) < 4.78 is 7.38. The van der Waals surface area contributed by atoms with E-state index in [-0.39, 0.29) is 5.56 Å². The van der Waals surface area contributed by atoms with Crippen LogP contribution >= 0.6 is 23.2 Å². The maximum atomic E-state index is 13.1. The molecule has 0 aliphatic rings. The van der Waals surface area contributed by atoms with E-state index in [2.05, 4.69) is 34.0 Å². The van der Waals surface area contributed by atoms with E-state index in [1.807, 2.05) is 24.3 Å². The summed E-state index contributed by atoms with van der Waals surface area (Å²) in [5.41, 5.74) is 1.92. The monoisotopic (exact) mass is 511 g/mol. The van der Waals surface area contributed by atoms with Crippen LogP contribution in [-0.4, -0.2) is 45.7 Å². The lowest BCUT2D eigenvalue weighted by molar-refractivity contribution is 0.223. The molecule has 0 spiro atoms. The smallest absolute Gasteiger partial charge is 0.259 e. The third-order valence-electron chi connectivity index (χ3n) is 5.84. The normalized spacial score (nSPS) is 11.3. The van der Waals surface area contributed by atoms with Gasteiger partial charge in [-0.15, -0.1) is 0 Å². The van der Waals surface area contributed by atoms with Gasteiger partial charge in [-0.3, -0.25) is 9.36 Å². The van der Waals surface area contributed by atoms with Crippen LogP contribution in [0.3, 0.4) is 0 Å². The molecule has 4 rings (SSSR count). The molecule has 182 valence electrons. The highest BCUT2D eigenvalue weighted by molar-refractivity contribution is 6.39. The average Bonchev–Trinajstić information content (AvgIpc) is 2.85. The topological polar surface area (TPSA) is 72.3 Å². The number of nitrogens with zero attached hydrogens (tertiary/aromatic N) is 4. The van der Waals surface area contributed by atoms with Gasteiger partial charge in [0.15, 0.2) is 0 Å². The number of pyridine rings is 1. The van der Waals surface area contributed by atoms with E-state index in [4.69, 9.17) is 27.9 Å². The Kier molecular flexibility index (Phi) is 7.90. The number of rotatable bonds is 9. The number of ether oxygens (including phenoxy) is 1. The molecule has 1 N–H and O–H groups in total. The van der Waals surface area contributed by atoms with Crippen molar-refractivity contribution in [2.75, 3.05) is 31.6 Å². The average molecular weight is 512 g/mol. The molecule has 2 aromatic carbocycles. The zero-order valence-electron chi connectivity index (χ0n) is 19.9. The molecule has 0 atom stereocenters. The second-order valence-corrected chi connectivity index (χ2v) is 8.83. The second-order valence-electron chi connectivity index (χ2n) is 8.02. The second kappa shape index (κ2) is 11.1. The fraction of sp³-hybridized carbons (Fsp3) is 0.269. The highest BCUT2D eigenvalue weighted by atomic mass is 35.5. The first-order valence-corrected chi connectivity index (χ1v) is 12.2. The molecular weight excluding hydrogens is 485 g/mol. The first-order chi connectivity index (χ1) is 16.9. The summed E-state index contributed by atoms with van der Waals surface area (Å²) in [6.07, 6.45) is 1.67. The van der Waals surface area contributed by atoms with E-state index in [0.29, 0.717) is 44.8 Å². The van der Waals surface area contributed by atoms with Crippen LogP contribution in [-0.2, 0) is 7.05 Å². The number of anilines is 2. The minimum Gasteiger partial charge on any atom is -0.492 e. The molecule has 0 fully saturated rings. The molecule has 0 aliphatic heterocycles. The first-order valence-electron chi connectivity index (χ1n) is 11.4. The Bertz CT molecular complexity index is 1380. The molecule has 0 radical (unpaired) electrons. The van der Waals surface area contributed by atoms with Crippen molar-refractivity contribution in [2.24, 2.45) is 7.05 Å². The fourth-order valence-corrected chi connectivity index (χ4v) is 4.47. The van der Waals surface area contributed by atoms with Gasteiger partial charge in [0.05, 0.1) is 15.6 Å². The SMILES string of the molecule is CCN(CC)CCOc1cccc(Nc2ncc3cc(-c4c(Cl)cccc4Cl)c(=O)n(C)c3n2)c1. The number of nitrogens with one attached hydrogen (secondary N) is 1. The maximum absolute atomic E-state index is 13.1. The summed E-state index contributed by atoms with van der Waals surface area (Å²) in [4.78, 5) is 24.5. The van der Waals surface area contributed by atoms with Gasteiger partial charge < -0.3 is 15.0 Å². The van der Waals surface area contributed by atoms with Gasteiger partial charge in [0.2, 0.25) is 5.95 Å². The summed E-state index contributed by atoms with van der Waals surface area (Å²) in [5.74, 6) is 1.13. The van der Waals surface area contributed by atoms with Gasteiger partial charge in [0.25, 0.3) is 5.56 Å². The highest BCUT2D eigenvalue weighted by Crippen LogP contribution is 2.33. The van der Waals surface area contributed by atoms with E-state index in [1.54, 1.807) is 37.5 Å². The predicted octanol–water partition coefficient (Wildman–Crippen LogP) is 5.77. The number of aryl methyl sites for hydroxylation is 1. The number of likely N-dealkylation sites (N-methyl/N-ethyl adjacent to an activating group) is 1. The van der Waals surface area contributed by atoms with E-state index in [9.17, 15) is 4.79 Å². The lowest BCUT2D eigenvalue weighted by Crippen LogP contribution is -2.27. The number of halogens is 2. The van der Waals surface area contributed by atoms with E-state index < -0.39 is 0 Å². The number of hydrogen-bond donors (Lipinski definition) is 1. The quantitative estimate of drug-likeness (QED) is 0.307. The van der Waals surface area contributed by atoms with Gasteiger partial charge in [0, 0.05) is 42.5 Å². The van der Waals surface area contributed by atoms with Crippen molar-refractivity contribution in [3.05, 3.63) is 75.1 Å². The Morgan fingerprint density at radius 3 is 2.49 bits per heavy atom. The zero-order valence-corrected chi connectivity index (χ0v) is 21.4. The Labute approximate surface area is 214 Å². The maximum Gasteiger partial charge on any atom is 0.259 e. The molecule has 0 amide bonds. The molecule has 0 aliphatic carbocycles. The number of hydrogen-bond acceptors (Lipinski definition) is 6. The van der Waals surface area contributed by atoms with E-state index >= 15 is 0 Å². The first kappa shape index (κ1) is 25.0. The lowest BCUT2D eigenvalue weighted by Gasteiger charge is -2.18. The molecule has 0 unspecified atom stereocenters. The molecule has 0 bridgehead atoms. The summed E-state index contributed by atoms with van der Waals surface area (Å²) in [6.45, 7) is 7.75. The Balaban J connectivity index is 1.58. The number of aromatic nitrogens is 3. The summed E-state index contributed by atoms with van der Waals surface area (Å²) in [5, 5.41) is 4.71. The van der Waals surface area contributed by atoms with Crippen LogP contribution in [0.15, 0.2) is 59.5 Å².